The first kappa shape index (κ1) is 16.5. The molecule has 2 atom stereocenters. The highest BCUT2D eigenvalue weighted by molar-refractivity contribution is 7.90. The van der Waals surface area contributed by atoms with E-state index in [1.54, 1.807) is 0 Å². The Labute approximate surface area is 114 Å². The Morgan fingerprint density at radius 1 is 1.21 bits per heavy atom. The summed E-state index contributed by atoms with van der Waals surface area (Å²) < 4.78 is 62.3. The maximum Gasteiger partial charge on any atom is 0.393 e. The highest BCUT2D eigenvalue weighted by Crippen LogP contribution is 2.41. The quantitative estimate of drug-likeness (QED) is 0.844. The van der Waals surface area contributed by atoms with Crippen LogP contribution in [0.4, 0.5) is 13.2 Å². The van der Waals surface area contributed by atoms with Gasteiger partial charge in [0.1, 0.15) is 0 Å². The van der Waals surface area contributed by atoms with Gasteiger partial charge in [0, 0.05) is 13.1 Å². The molecule has 0 aromatic rings. The van der Waals surface area contributed by atoms with Crippen LogP contribution in [0.25, 0.3) is 0 Å². The van der Waals surface area contributed by atoms with Crippen molar-refractivity contribution in [2.75, 3.05) is 13.1 Å². The van der Waals surface area contributed by atoms with E-state index >= 15 is 0 Å². The Hall–Kier alpha value is -0.540. The lowest BCUT2D eigenvalue weighted by atomic mass is 9.96. The van der Waals surface area contributed by atoms with E-state index < -0.39 is 52.3 Å². The molecule has 19 heavy (non-hydrogen) atoms. The van der Waals surface area contributed by atoms with Crippen molar-refractivity contribution in [2.45, 2.75) is 24.3 Å². The van der Waals surface area contributed by atoms with Gasteiger partial charge in [-0.3, -0.25) is 4.79 Å². The summed E-state index contributed by atoms with van der Waals surface area (Å²) in [5.41, 5.74) is 0. The van der Waals surface area contributed by atoms with E-state index in [4.69, 9.17) is 5.11 Å². The number of nitrogens with zero attached hydrogens (tertiary/aromatic N) is 1. The number of sulfonamides is 1. The lowest BCUT2D eigenvalue weighted by Gasteiger charge is -2.18. The molecular formula is C9H13ClF3NO4S. The van der Waals surface area contributed by atoms with Gasteiger partial charge in [0.05, 0.1) is 17.1 Å². The average molecular weight is 324 g/mol. The summed E-state index contributed by atoms with van der Waals surface area (Å²) in [5, 5.41) is 8.14. The van der Waals surface area contributed by atoms with Gasteiger partial charge in [-0.25, -0.2) is 12.7 Å². The predicted octanol–water partition coefficient (Wildman–Crippen LogP) is 1.10. The molecule has 0 aromatic carbocycles. The molecular weight excluding hydrogens is 311 g/mol. The lowest BCUT2D eigenvalue weighted by molar-refractivity contribution is -0.187. The van der Waals surface area contributed by atoms with Crippen LogP contribution in [0.2, 0.25) is 0 Å². The van der Waals surface area contributed by atoms with Crippen LogP contribution in [0.5, 0.6) is 0 Å². The van der Waals surface area contributed by atoms with E-state index in [9.17, 15) is 26.4 Å². The number of aliphatic carboxylic acids is 1. The molecule has 0 unspecified atom stereocenters. The fourth-order valence-electron chi connectivity index (χ4n) is 2.13. The molecule has 1 aliphatic carbocycles. The normalized spacial score (nSPS) is 29.0. The van der Waals surface area contributed by atoms with Crippen molar-refractivity contribution in [2.24, 2.45) is 11.8 Å². The Bertz CT molecular complexity index is 463. The Balaban J connectivity index is 0.00000180. The molecule has 0 aromatic heterocycles. The second kappa shape index (κ2) is 5.10. The van der Waals surface area contributed by atoms with Crippen molar-refractivity contribution < 1.29 is 31.5 Å². The van der Waals surface area contributed by atoms with Crippen molar-refractivity contribution in [1.29, 1.82) is 0 Å². The number of carboxylic acids is 1. The molecule has 0 spiro atoms. The largest absolute Gasteiger partial charge is 0.481 e. The Kier molecular flexibility index (Phi) is 4.43. The first-order valence-electron chi connectivity index (χ1n) is 5.42. The molecule has 1 heterocycles. The number of carboxylic acid groups (broad SMARTS) is 1. The van der Waals surface area contributed by atoms with Gasteiger partial charge in [0.25, 0.3) is 0 Å². The second-order valence-electron chi connectivity index (χ2n) is 4.65. The van der Waals surface area contributed by atoms with Crippen LogP contribution < -0.4 is 0 Å². The molecule has 1 saturated heterocycles. The van der Waals surface area contributed by atoms with E-state index in [-0.39, 0.29) is 12.4 Å². The minimum Gasteiger partial charge on any atom is -0.481 e. The van der Waals surface area contributed by atoms with Gasteiger partial charge in [-0.1, -0.05) is 0 Å². The van der Waals surface area contributed by atoms with Crippen molar-refractivity contribution in [3.8, 4) is 0 Å². The molecule has 1 aliphatic heterocycles. The van der Waals surface area contributed by atoms with Crippen molar-refractivity contribution in [3.63, 3.8) is 0 Å². The molecule has 2 fully saturated rings. The van der Waals surface area contributed by atoms with E-state index in [2.05, 4.69) is 0 Å². The first-order chi connectivity index (χ1) is 8.14. The number of halogens is 4. The summed E-state index contributed by atoms with van der Waals surface area (Å²) in [5.74, 6) is -5.44. The maximum atomic E-state index is 12.7. The maximum absolute atomic E-state index is 12.7. The van der Waals surface area contributed by atoms with Gasteiger partial charge in [-0.05, 0) is 12.8 Å². The number of rotatable bonds is 3. The minimum atomic E-state index is -4.70. The number of hydrogen-bond donors (Lipinski definition) is 1. The summed E-state index contributed by atoms with van der Waals surface area (Å²) in [6.07, 6.45) is -3.82. The fraction of sp³-hybridized carbons (Fsp3) is 0.889. The first-order valence-corrected chi connectivity index (χ1v) is 6.93. The number of carbonyl (C=O) groups is 1. The van der Waals surface area contributed by atoms with E-state index in [0.717, 1.165) is 0 Å². The summed E-state index contributed by atoms with van der Waals surface area (Å²) in [6.45, 7) is -1.36. The molecule has 5 nitrogen and oxygen atoms in total. The van der Waals surface area contributed by atoms with Gasteiger partial charge >= 0.3 is 12.1 Å². The number of alkyl halides is 3. The topological polar surface area (TPSA) is 74.7 Å². The number of hydrogen-bond acceptors (Lipinski definition) is 3. The zero-order valence-electron chi connectivity index (χ0n) is 9.63. The molecule has 0 amide bonds. The minimum absolute atomic E-state index is 0. The van der Waals surface area contributed by atoms with Crippen LogP contribution in [-0.2, 0) is 14.8 Å². The van der Waals surface area contributed by atoms with Gasteiger partial charge < -0.3 is 5.11 Å². The SMILES string of the molecule is Cl.O=C(O)[C@@H]1CN(S(=O)(=O)C2CC2)C[C@H]1C(F)(F)F. The highest BCUT2D eigenvalue weighted by atomic mass is 35.5. The van der Waals surface area contributed by atoms with E-state index in [0.29, 0.717) is 17.1 Å². The summed E-state index contributed by atoms with van der Waals surface area (Å²) in [6, 6.07) is 0. The van der Waals surface area contributed by atoms with Gasteiger partial charge in [0.2, 0.25) is 10.0 Å². The van der Waals surface area contributed by atoms with Crippen LogP contribution in [0, 0.1) is 11.8 Å². The third kappa shape index (κ3) is 3.14. The molecule has 112 valence electrons. The zero-order chi connectivity index (χ0) is 13.7. The third-order valence-corrected chi connectivity index (χ3v) is 5.66. The third-order valence-electron chi connectivity index (χ3n) is 3.33. The average Bonchev–Trinajstić information content (AvgIpc) is 2.94. The van der Waals surface area contributed by atoms with E-state index in [1.807, 2.05) is 0 Å². The monoisotopic (exact) mass is 323 g/mol. The van der Waals surface area contributed by atoms with Crippen LogP contribution in [0.1, 0.15) is 12.8 Å². The van der Waals surface area contributed by atoms with Crippen molar-refractivity contribution in [1.82, 2.24) is 4.31 Å². The molecule has 2 aliphatic rings. The van der Waals surface area contributed by atoms with Gasteiger partial charge in [-0.2, -0.15) is 13.2 Å². The molecule has 0 bridgehead atoms. The van der Waals surface area contributed by atoms with Gasteiger partial charge in [-0.15, -0.1) is 12.4 Å². The van der Waals surface area contributed by atoms with Crippen LogP contribution >= 0.6 is 12.4 Å². The molecule has 1 saturated carbocycles. The molecule has 2 rings (SSSR count). The van der Waals surface area contributed by atoms with Crippen LogP contribution in [-0.4, -0.2) is 48.3 Å². The lowest BCUT2D eigenvalue weighted by Crippen LogP contribution is -2.34. The summed E-state index contributed by atoms with van der Waals surface area (Å²) in [7, 11) is -3.76. The highest BCUT2D eigenvalue weighted by Gasteiger charge is 2.56. The van der Waals surface area contributed by atoms with Crippen molar-refractivity contribution >= 4 is 28.4 Å². The second-order valence-corrected chi connectivity index (χ2v) is 6.87. The van der Waals surface area contributed by atoms with Crippen LogP contribution in [0.3, 0.4) is 0 Å². The van der Waals surface area contributed by atoms with Crippen molar-refractivity contribution in [3.05, 3.63) is 0 Å². The molecule has 10 heteroatoms. The fourth-order valence-corrected chi connectivity index (χ4v) is 4.02. The summed E-state index contributed by atoms with van der Waals surface area (Å²) >= 11 is 0. The molecule has 0 radical (unpaired) electrons. The summed E-state index contributed by atoms with van der Waals surface area (Å²) in [4.78, 5) is 10.8. The van der Waals surface area contributed by atoms with Gasteiger partial charge in [0.15, 0.2) is 0 Å². The predicted molar refractivity (Wildman–Crippen MR) is 61.4 cm³/mol. The standard InChI is InChI=1S/C9H12F3NO4S.ClH/c10-9(11,12)7-4-13(3-6(7)8(14)15)18(16,17)5-1-2-5;/h5-7H,1-4H2,(H,14,15);1H/t6-,7-;/m1./s1. The zero-order valence-corrected chi connectivity index (χ0v) is 11.3. The molecule has 1 N–H and O–H groups in total. The Morgan fingerprint density at radius 2 is 1.74 bits per heavy atom. The Morgan fingerprint density at radius 3 is 2.05 bits per heavy atom. The smallest absolute Gasteiger partial charge is 0.393 e. The van der Waals surface area contributed by atoms with Crippen LogP contribution in [0.15, 0.2) is 0 Å². The van der Waals surface area contributed by atoms with E-state index in [1.165, 1.54) is 0 Å².